The zero-order valence-corrected chi connectivity index (χ0v) is 14.1. The smallest absolute Gasteiger partial charge is 0.387 e. The SMILES string of the molecule is O=C(NCCc1ccc(OC(F)F)cc1)NCc1ccc(OC(F)F)cc1. The first-order valence-corrected chi connectivity index (χ1v) is 8.01. The van der Waals surface area contributed by atoms with Crippen LogP contribution in [0.4, 0.5) is 22.4 Å². The number of carbonyl (C=O) groups excluding carboxylic acids is 1. The van der Waals surface area contributed by atoms with Crippen LogP contribution in [-0.4, -0.2) is 25.8 Å². The molecule has 5 nitrogen and oxygen atoms in total. The zero-order valence-electron chi connectivity index (χ0n) is 14.1. The maximum Gasteiger partial charge on any atom is 0.387 e. The fraction of sp³-hybridized carbons (Fsp3) is 0.278. The van der Waals surface area contributed by atoms with E-state index in [1.165, 1.54) is 24.3 Å². The van der Waals surface area contributed by atoms with Gasteiger partial charge in [-0.3, -0.25) is 0 Å². The summed E-state index contributed by atoms with van der Waals surface area (Å²) >= 11 is 0. The van der Waals surface area contributed by atoms with E-state index < -0.39 is 13.2 Å². The minimum absolute atomic E-state index is 0.0446. The second-order valence-electron chi connectivity index (χ2n) is 5.40. The summed E-state index contributed by atoms with van der Waals surface area (Å²) in [4.78, 5) is 11.7. The first kappa shape index (κ1) is 20.3. The number of alkyl halides is 4. The number of nitrogens with one attached hydrogen (secondary N) is 2. The number of benzene rings is 2. The average molecular weight is 386 g/mol. The van der Waals surface area contributed by atoms with Gasteiger partial charge in [-0.1, -0.05) is 24.3 Å². The van der Waals surface area contributed by atoms with Crippen molar-refractivity contribution in [1.29, 1.82) is 0 Å². The van der Waals surface area contributed by atoms with Crippen LogP contribution in [0.5, 0.6) is 11.5 Å². The summed E-state index contributed by atoms with van der Waals surface area (Å²) in [5, 5.41) is 5.29. The molecule has 2 N–H and O–H groups in total. The van der Waals surface area contributed by atoms with Crippen LogP contribution >= 0.6 is 0 Å². The molecule has 9 heteroatoms. The molecule has 2 rings (SSSR count). The third kappa shape index (κ3) is 7.85. The molecule has 0 aliphatic heterocycles. The number of urea groups is 1. The predicted octanol–water partition coefficient (Wildman–Crippen LogP) is 3.93. The summed E-state index contributed by atoms with van der Waals surface area (Å²) in [5.74, 6) is 0.118. The number of amides is 2. The second-order valence-corrected chi connectivity index (χ2v) is 5.40. The molecule has 0 aliphatic rings. The molecule has 0 saturated carbocycles. The highest BCUT2D eigenvalue weighted by Gasteiger charge is 2.06. The summed E-state index contributed by atoms with van der Waals surface area (Å²) in [7, 11) is 0. The van der Waals surface area contributed by atoms with Gasteiger partial charge in [0.1, 0.15) is 11.5 Å². The Morgan fingerprint density at radius 1 is 0.778 bits per heavy atom. The molecule has 0 heterocycles. The lowest BCUT2D eigenvalue weighted by atomic mass is 10.1. The van der Waals surface area contributed by atoms with Crippen molar-refractivity contribution >= 4 is 6.03 Å². The molecular weight excluding hydrogens is 368 g/mol. The molecule has 146 valence electrons. The summed E-state index contributed by atoms with van der Waals surface area (Å²) < 4.78 is 56.7. The van der Waals surface area contributed by atoms with Gasteiger partial charge in [-0.25, -0.2) is 4.79 Å². The third-order valence-corrected chi connectivity index (χ3v) is 3.45. The summed E-state index contributed by atoms with van der Waals surface area (Å²) in [6, 6.07) is 11.7. The second kappa shape index (κ2) is 10.2. The number of carbonyl (C=O) groups is 1. The molecule has 0 aliphatic carbocycles. The Bertz CT molecular complexity index is 710. The topological polar surface area (TPSA) is 59.6 Å². The molecule has 0 fully saturated rings. The van der Waals surface area contributed by atoms with Crippen molar-refractivity contribution in [3.8, 4) is 11.5 Å². The van der Waals surface area contributed by atoms with Gasteiger partial charge in [0, 0.05) is 13.1 Å². The maximum atomic E-state index is 12.1. The summed E-state index contributed by atoms with van der Waals surface area (Å²) in [5.41, 5.74) is 1.58. The Kier molecular flexibility index (Phi) is 7.72. The van der Waals surface area contributed by atoms with Crippen LogP contribution in [0, 0.1) is 0 Å². The molecule has 2 aromatic rings. The van der Waals surface area contributed by atoms with Gasteiger partial charge in [0.15, 0.2) is 0 Å². The van der Waals surface area contributed by atoms with E-state index in [1.54, 1.807) is 24.3 Å². The van der Waals surface area contributed by atoms with Crippen LogP contribution in [0.25, 0.3) is 0 Å². The van der Waals surface area contributed by atoms with Gasteiger partial charge in [0.2, 0.25) is 0 Å². The first-order chi connectivity index (χ1) is 12.9. The van der Waals surface area contributed by atoms with E-state index in [0.717, 1.165) is 11.1 Å². The van der Waals surface area contributed by atoms with Gasteiger partial charge in [0.25, 0.3) is 0 Å². The molecule has 0 unspecified atom stereocenters. The molecule has 0 atom stereocenters. The van der Waals surface area contributed by atoms with Crippen LogP contribution in [0.15, 0.2) is 48.5 Å². The van der Waals surface area contributed by atoms with E-state index in [2.05, 4.69) is 20.1 Å². The third-order valence-electron chi connectivity index (χ3n) is 3.45. The molecule has 0 saturated heterocycles. The Balaban J connectivity index is 1.67. The van der Waals surface area contributed by atoms with Crippen molar-refractivity contribution in [2.75, 3.05) is 6.54 Å². The van der Waals surface area contributed by atoms with Crippen molar-refractivity contribution in [2.24, 2.45) is 0 Å². The largest absolute Gasteiger partial charge is 0.435 e. The van der Waals surface area contributed by atoms with Crippen molar-refractivity contribution < 1.29 is 31.8 Å². The lowest BCUT2D eigenvalue weighted by molar-refractivity contribution is -0.0505. The number of ether oxygens (including phenoxy) is 2. The molecule has 27 heavy (non-hydrogen) atoms. The summed E-state index contributed by atoms with van der Waals surface area (Å²) in [6.45, 7) is -5.18. The quantitative estimate of drug-likeness (QED) is 0.642. The number of halogens is 4. The van der Waals surface area contributed by atoms with Crippen LogP contribution < -0.4 is 20.1 Å². The molecule has 0 spiro atoms. The normalized spacial score (nSPS) is 10.7. The first-order valence-electron chi connectivity index (χ1n) is 8.01. The van der Waals surface area contributed by atoms with E-state index in [-0.39, 0.29) is 24.1 Å². The van der Waals surface area contributed by atoms with E-state index in [0.29, 0.717) is 13.0 Å². The highest BCUT2D eigenvalue weighted by Crippen LogP contribution is 2.15. The van der Waals surface area contributed by atoms with Crippen molar-refractivity contribution in [1.82, 2.24) is 10.6 Å². The van der Waals surface area contributed by atoms with Crippen LogP contribution in [0.2, 0.25) is 0 Å². The van der Waals surface area contributed by atoms with Gasteiger partial charge in [-0.05, 0) is 41.8 Å². The number of hydrogen-bond acceptors (Lipinski definition) is 3. The molecule has 2 aromatic carbocycles. The van der Waals surface area contributed by atoms with E-state index in [9.17, 15) is 22.4 Å². The zero-order chi connectivity index (χ0) is 19.6. The maximum absolute atomic E-state index is 12.1. The average Bonchev–Trinajstić information content (AvgIpc) is 2.62. The Morgan fingerprint density at radius 3 is 1.74 bits per heavy atom. The van der Waals surface area contributed by atoms with Gasteiger partial charge in [-0.2, -0.15) is 17.6 Å². The standard InChI is InChI=1S/C18H18F4N2O3/c19-16(20)26-14-5-1-12(2-6-14)9-10-23-18(25)24-11-13-3-7-15(8-4-13)27-17(21)22/h1-8,16-17H,9-11H2,(H2,23,24,25). The molecule has 0 aromatic heterocycles. The minimum Gasteiger partial charge on any atom is -0.435 e. The van der Waals surface area contributed by atoms with E-state index in [4.69, 9.17) is 0 Å². The van der Waals surface area contributed by atoms with Crippen LogP contribution in [-0.2, 0) is 13.0 Å². The summed E-state index contributed by atoms with van der Waals surface area (Å²) in [6.07, 6.45) is 0.516. The van der Waals surface area contributed by atoms with Crippen LogP contribution in [0.3, 0.4) is 0 Å². The van der Waals surface area contributed by atoms with Crippen molar-refractivity contribution in [3.63, 3.8) is 0 Å². The Labute approximate surface area is 153 Å². The highest BCUT2D eigenvalue weighted by atomic mass is 19.3. The van der Waals surface area contributed by atoms with E-state index in [1.807, 2.05) is 0 Å². The fourth-order valence-corrected chi connectivity index (χ4v) is 2.19. The lowest BCUT2D eigenvalue weighted by Crippen LogP contribution is -2.36. The monoisotopic (exact) mass is 386 g/mol. The Hall–Kier alpha value is -2.97. The van der Waals surface area contributed by atoms with Gasteiger partial charge in [0.05, 0.1) is 0 Å². The lowest BCUT2D eigenvalue weighted by Gasteiger charge is -2.09. The van der Waals surface area contributed by atoms with Gasteiger partial charge < -0.3 is 20.1 Å². The molecule has 2 amide bonds. The highest BCUT2D eigenvalue weighted by molar-refractivity contribution is 5.73. The fourth-order valence-electron chi connectivity index (χ4n) is 2.19. The molecule has 0 radical (unpaired) electrons. The molecular formula is C18H18F4N2O3. The number of rotatable bonds is 9. The van der Waals surface area contributed by atoms with Gasteiger partial charge in [-0.15, -0.1) is 0 Å². The minimum atomic E-state index is -2.88. The van der Waals surface area contributed by atoms with Gasteiger partial charge >= 0.3 is 19.3 Å². The van der Waals surface area contributed by atoms with E-state index >= 15 is 0 Å². The predicted molar refractivity (Wildman–Crippen MR) is 90.1 cm³/mol. The molecule has 0 bridgehead atoms. The number of hydrogen-bond donors (Lipinski definition) is 2. The van der Waals surface area contributed by atoms with Crippen LogP contribution in [0.1, 0.15) is 11.1 Å². The van der Waals surface area contributed by atoms with Crippen molar-refractivity contribution in [2.45, 2.75) is 26.2 Å². The van der Waals surface area contributed by atoms with Crippen molar-refractivity contribution in [3.05, 3.63) is 59.7 Å². The Morgan fingerprint density at radius 2 is 1.26 bits per heavy atom.